The molecule has 2 atom stereocenters. The average molecular weight is 350 g/mol. The van der Waals surface area contributed by atoms with E-state index in [2.05, 4.69) is 20.2 Å². The molecule has 2 aliphatic rings. The SMILES string of the molecule is COCCN1CCOC[C@@]2(CC[C@@H](CNC(=O)c3cnccn3)O2)C1. The summed E-state index contributed by atoms with van der Waals surface area (Å²) in [6.07, 6.45) is 6.34. The van der Waals surface area contributed by atoms with E-state index >= 15 is 0 Å². The quantitative estimate of drug-likeness (QED) is 0.779. The summed E-state index contributed by atoms with van der Waals surface area (Å²) in [7, 11) is 1.71. The number of hydrogen-bond donors (Lipinski definition) is 1. The third kappa shape index (κ3) is 4.94. The molecule has 0 aromatic carbocycles. The van der Waals surface area contributed by atoms with Crippen LogP contribution in [-0.2, 0) is 14.2 Å². The Morgan fingerprint density at radius 2 is 2.44 bits per heavy atom. The molecule has 25 heavy (non-hydrogen) atoms. The molecule has 2 saturated heterocycles. The number of hydrogen-bond acceptors (Lipinski definition) is 7. The molecule has 1 amide bonds. The van der Waals surface area contributed by atoms with Crippen LogP contribution in [-0.4, -0.2) is 85.6 Å². The Hall–Kier alpha value is -1.61. The van der Waals surface area contributed by atoms with Crippen LogP contribution in [0.1, 0.15) is 23.3 Å². The number of methoxy groups -OCH3 is 1. The van der Waals surface area contributed by atoms with Crippen molar-refractivity contribution in [1.29, 1.82) is 0 Å². The predicted octanol–water partition coefficient (Wildman–Crippen LogP) is 0.103. The molecule has 1 N–H and O–H groups in total. The lowest BCUT2D eigenvalue weighted by Gasteiger charge is -2.31. The van der Waals surface area contributed by atoms with E-state index in [1.807, 2.05) is 0 Å². The fraction of sp³-hybridized carbons (Fsp3) is 0.706. The lowest BCUT2D eigenvalue weighted by Crippen LogP contribution is -2.46. The van der Waals surface area contributed by atoms with Gasteiger partial charge in [-0.05, 0) is 12.8 Å². The molecule has 2 aliphatic heterocycles. The van der Waals surface area contributed by atoms with Crippen LogP contribution < -0.4 is 5.32 Å². The fourth-order valence-corrected chi connectivity index (χ4v) is 3.37. The summed E-state index contributed by atoms with van der Waals surface area (Å²) in [5.41, 5.74) is 0.0328. The van der Waals surface area contributed by atoms with Gasteiger partial charge in [0.05, 0.1) is 32.1 Å². The summed E-state index contributed by atoms with van der Waals surface area (Å²) in [6, 6.07) is 0. The van der Waals surface area contributed by atoms with Crippen LogP contribution in [0.5, 0.6) is 0 Å². The molecule has 0 saturated carbocycles. The van der Waals surface area contributed by atoms with Crippen molar-refractivity contribution < 1.29 is 19.0 Å². The van der Waals surface area contributed by atoms with Crippen LogP contribution in [0.2, 0.25) is 0 Å². The average Bonchev–Trinajstić information content (AvgIpc) is 2.93. The van der Waals surface area contributed by atoms with Gasteiger partial charge in [0.2, 0.25) is 0 Å². The molecule has 0 bridgehead atoms. The monoisotopic (exact) mass is 350 g/mol. The number of nitrogens with zero attached hydrogens (tertiary/aromatic N) is 3. The highest BCUT2D eigenvalue weighted by atomic mass is 16.6. The Bertz CT molecular complexity index is 559. The molecule has 8 heteroatoms. The van der Waals surface area contributed by atoms with Crippen molar-refractivity contribution in [3.63, 3.8) is 0 Å². The van der Waals surface area contributed by atoms with Gasteiger partial charge in [-0.15, -0.1) is 0 Å². The molecule has 1 spiro atoms. The van der Waals surface area contributed by atoms with Crippen molar-refractivity contribution in [1.82, 2.24) is 20.2 Å². The molecular formula is C17H26N4O4. The highest BCUT2D eigenvalue weighted by molar-refractivity contribution is 5.91. The van der Waals surface area contributed by atoms with Gasteiger partial charge in [0.25, 0.3) is 5.91 Å². The molecule has 2 fully saturated rings. The van der Waals surface area contributed by atoms with Crippen LogP contribution in [0.25, 0.3) is 0 Å². The van der Waals surface area contributed by atoms with Crippen LogP contribution in [0, 0.1) is 0 Å². The first-order chi connectivity index (χ1) is 12.2. The van der Waals surface area contributed by atoms with Gasteiger partial charge >= 0.3 is 0 Å². The third-order valence-corrected chi connectivity index (χ3v) is 4.67. The summed E-state index contributed by atoms with van der Waals surface area (Å²) in [4.78, 5) is 22.3. The minimum Gasteiger partial charge on any atom is -0.383 e. The molecule has 1 aromatic heterocycles. The van der Waals surface area contributed by atoms with Crippen molar-refractivity contribution in [3.05, 3.63) is 24.3 Å². The highest BCUT2D eigenvalue weighted by Crippen LogP contribution is 2.32. The summed E-state index contributed by atoms with van der Waals surface area (Å²) < 4.78 is 17.3. The van der Waals surface area contributed by atoms with Crippen LogP contribution in [0.15, 0.2) is 18.6 Å². The largest absolute Gasteiger partial charge is 0.383 e. The van der Waals surface area contributed by atoms with Crippen molar-refractivity contribution in [2.24, 2.45) is 0 Å². The molecule has 138 valence electrons. The van der Waals surface area contributed by atoms with Gasteiger partial charge in [-0.2, -0.15) is 0 Å². The van der Waals surface area contributed by atoms with Crippen molar-refractivity contribution >= 4 is 5.91 Å². The maximum absolute atomic E-state index is 12.1. The molecule has 8 nitrogen and oxygen atoms in total. The zero-order valence-electron chi connectivity index (χ0n) is 14.6. The second-order valence-electron chi connectivity index (χ2n) is 6.58. The Kier molecular flexibility index (Phi) is 6.30. The van der Waals surface area contributed by atoms with E-state index in [0.29, 0.717) is 32.1 Å². The highest BCUT2D eigenvalue weighted by Gasteiger charge is 2.42. The first-order valence-electron chi connectivity index (χ1n) is 8.72. The molecule has 0 unspecified atom stereocenters. The van der Waals surface area contributed by atoms with E-state index in [1.165, 1.54) is 12.4 Å². The summed E-state index contributed by atoms with van der Waals surface area (Å²) >= 11 is 0. The molecule has 3 rings (SSSR count). The second kappa shape index (κ2) is 8.66. The van der Waals surface area contributed by atoms with Crippen LogP contribution in [0.4, 0.5) is 0 Å². The third-order valence-electron chi connectivity index (χ3n) is 4.67. The minimum absolute atomic E-state index is 0.00778. The second-order valence-corrected chi connectivity index (χ2v) is 6.58. The number of ether oxygens (including phenoxy) is 3. The molecular weight excluding hydrogens is 324 g/mol. The van der Waals surface area contributed by atoms with Crippen LogP contribution >= 0.6 is 0 Å². The lowest BCUT2D eigenvalue weighted by atomic mass is 10.00. The maximum Gasteiger partial charge on any atom is 0.271 e. The maximum atomic E-state index is 12.1. The number of aromatic nitrogens is 2. The zero-order chi connectivity index (χ0) is 17.5. The lowest BCUT2D eigenvalue weighted by molar-refractivity contribution is -0.0851. The van der Waals surface area contributed by atoms with E-state index in [1.54, 1.807) is 13.3 Å². The summed E-state index contributed by atoms with van der Waals surface area (Å²) in [5, 5.41) is 2.88. The first-order valence-corrected chi connectivity index (χ1v) is 8.72. The van der Waals surface area contributed by atoms with E-state index in [-0.39, 0.29) is 17.6 Å². The Balaban J connectivity index is 1.50. The van der Waals surface area contributed by atoms with Gasteiger partial charge in [0.15, 0.2) is 0 Å². The Morgan fingerprint density at radius 1 is 1.52 bits per heavy atom. The Morgan fingerprint density at radius 3 is 3.24 bits per heavy atom. The molecule has 0 radical (unpaired) electrons. The van der Waals surface area contributed by atoms with Crippen LogP contribution in [0.3, 0.4) is 0 Å². The number of nitrogens with one attached hydrogen (secondary N) is 1. The van der Waals surface area contributed by atoms with Gasteiger partial charge < -0.3 is 19.5 Å². The molecule has 3 heterocycles. The van der Waals surface area contributed by atoms with Gasteiger partial charge in [0, 0.05) is 45.7 Å². The van der Waals surface area contributed by atoms with Gasteiger partial charge in [-0.25, -0.2) is 4.98 Å². The topological polar surface area (TPSA) is 85.8 Å². The van der Waals surface area contributed by atoms with Crippen molar-refractivity contribution in [2.75, 3.05) is 53.1 Å². The molecule has 1 aromatic rings. The standard InChI is InChI=1S/C17H26N4O4/c1-23-8-6-21-7-9-24-13-17(12-21)3-2-14(25-17)10-20-16(22)15-11-18-4-5-19-15/h4-5,11,14H,2-3,6-10,12-13H2,1H3,(H,20,22)/t14-,17+/m0/s1. The smallest absolute Gasteiger partial charge is 0.271 e. The van der Waals surface area contributed by atoms with E-state index in [0.717, 1.165) is 32.5 Å². The van der Waals surface area contributed by atoms with E-state index in [9.17, 15) is 4.79 Å². The first kappa shape index (κ1) is 18.2. The predicted molar refractivity (Wildman–Crippen MR) is 90.3 cm³/mol. The van der Waals surface area contributed by atoms with E-state index < -0.39 is 0 Å². The minimum atomic E-state index is -0.286. The number of carbonyl (C=O) groups excluding carboxylic acids is 1. The Labute approximate surface area is 147 Å². The summed E-state index contributed by atoms with van der Waals surface area (Å²) in [5.74, 6) is -0.225. The zero-order valence-corrected chi connectivity index (χ0v) is 14.6. The number of rotatable bonds is 6. The van der Waals surface area contributed by atoms with Crippen molar-refractivity contribution in [2.45, 2.75) is 24.5 Å². The summed E-state index contributed by atoms with van der Waals surface area (Å²) in [6.45, 7) is 5.09. The van der Waals surface area contributed by atoms with E-state index in [4.69, 9.17) is 14.2 Å². The fourth-order valence-electron chi connectivity index (χ4n) is 3.37. The van der Waals surface area contributed by atoms with Gasteiger partial charge in [-0.3, -0.25) is 14.7 Å². The number of carbonyl (C=O) groups is 1. The van der Waals surface area contributed by atoms with Gasteiger partial charge in [0.1, 0.15) is 11.3 Å². The molecule has 0 aliphatic carbocycles. The van der Waals surface area contributed by atoms with Crippen molar-refractivity contribution in [3.8, 4) is 0 Å². The normalized spacial score (nSPS) is 27.3. The van der Waals surface area contributed by atoms with Gasteiger partial charge in [-0.1, -0.05) is 0 Å². The number of amides is 1.